The predicted octanol–water partition coefficient (Wildman–Crippen LogP) is 4.69. The third kappa shape index (κ3) is 3.53. The van der Waals surface area contributed by atoms with Gasteiger partial charge in [-0.1, -0.05) is 34.6 Å². The maximum Gasteiger partial charge on any atom is 0.339 e. The molecular weight excluding hydrogens is 544 g/mol. The summed E-state index contributed by atoms with van der Waals surface area (Å²) in [5.74, 6) is -2.01. The van der Waals surface area contributed by atoms with Crippen LogP contribution in [0, 0.1) is 33.5 Å². The van der Waals surface area contributed by atoms with E-state index >= 15 is 0 Å². The predicted molar refractivity (Wildman–Crippen MR) is 145 cm³/mol. The molecule has 1 spiro atoms. The Kier molecular flexibility index (Phi) is 6.30. The number of epoxide rings is 1. The van der Waals surface area contributed by atoms with Crippen LogP contribution in [-0.2, 0) is 42.9 Å². The average molecular weight is 587 g/mol. The van der Waals surface area contributed by atoms with E-state index in [0.717, 1.165) is 5.56 Å². The van der Waals surface area contributed by atoms with Gasteiger partial charge >= 0.3 is 23.9 Å². The van der Waals surface area contributed by atoms with E-state index in [4.69, 9.17) is 28.1 Å². The second kappa shape index (κ2) is 9.07. The van der Waals surface area contributed by atoms with Crippen LogP contribution >= 0.6 is 0 Å². The Labute approximate surface area is 246 Å². The molecule has 10 nitrogen and oxygen atoms in total. The van der Waals surface area contributed by atoms with Crippen molar-refractivity contribution in [2.24, 2.45) is 33.5 Å². The van der Waals surface area contributed by atoms with Crippen LogP contribution in [0.4, 0.5) is 0 Å². The molecule has 3 aliphatic carbocycles. The molecule has 1 aromatic heterocycles. The topological polar surface area (TPSA) is 131 Å². The number of ether oxygens (including phenoxy) is 5. The fraction of sp³-hybridized carbons (Fsp3) is 0.750. The van der Waals surface area contributed by atoms with Crippen molar-refractivity contribution >= 4 is 23.9 Å². The third-order valence-corrected chi connectivity index (χ3v) is 12.2. The molecule has 0 radical (unpaired) electrons. The average Bonchev–Trinajstić information content (AvgIpc) is 3.45. The quantitative estimate of drug-likeness (QED) is 0.278. The van der Waals surface area contributed by atoms with Crippen molar-refractivity contribution in [3.05, 3.63) is 24.2 Å². The lowest BCUT2D eigenvalue weighted by Gasteiger charge is -2.71. The zero-order chi connectivity index (χ0) is 30.6. The first-order chi connectivity index (χ1) is 19.5. The van der Waals surface area contributed by atoms with Crippen molar-refractivity contribution in [2.75, 3.05) is 0 Å². The number of esters is 4. The molecule has 5 aliphatic rings. The van der Waals surface area contributed by atoms with Gasteiger partial charge in [0.25, 0.3) is 0 Å². The van der Waals surface area contributed by atoms with E-state index in [9.17, 15) is 19.2 Å². The van der Waals surface area contributed by atoms with Gasteiger partial charge in [-0.05, 0) is 37.2 Å². The number of carbonyl (C=O) groups is 4. The van der Waals surface area contributed by atoms with Crippen LogP contribution in [0.1, 0.15) is 92.7 Å². The van der Waals surface area contributed by atoms with Crippen LogP contribution < -0.4 is 0 Å². The monoisotopic (exact) mass is 586 g/mol. The van der Waals surface area contributed by atoms with E-state index in [1.165, 1.54) is 20.8 Å². The van der Waals surface area contributed by atoms with Gasteiger partial charge in [-0.25, -0.2) is 4.79 Å². The van der Waals surface area contributed by atoms with E-state index in [0.29, 0.717) is 25.7 Å². The summed E-state index contributed by atoms with van der Waals surface area (Å²) in [6.45, 7) is 14.7. The third-order valence-electron chi connectivity index (χ3n) is 12.2. The number of rotatable bonds is 4. The van der Waals surface area contributed by atoms with Crippen LogP contribution in [0.5, 0.6) is 0 Å². The van der Waals surface area contributed by atoms with Gasteiger partial charge in [-0.15, -0.1) is 0 Å². The van der Waals surface area contributed by atoms with Crippen LogP contribution in [-0.4, -0.2) is 53.9 Å². The first-order valence-corrected chi connectivity index (χ1v) is 15.0. The fourth-order valence-electron chi connectivity index (χ4n) is 10.6. The molecule has 2 aliphatic heterocycles. The molecule has 2 saturated heterocycles. The largest absolute Gasteiger partial charge is 0.472 e. The lowest BCUT2D eigenvalue weighted by atomic mass is 9.34. The van der Waals surface area contributed by atoms with E-state index in [1.807, 2.05) is 6.07 Å². The summed E-state index contributed by atoms with van der Waals surface area (Å²) in [4.78, 5) is 50.9. The van der Waals surface area contributed by atoms with E-state index in [1.54, 1.807) is 12.5 Å². The number of furan rings is 1. The molecule has 0 amide bonds. The molecule has 11 atom stereocenters. The van der Waals surface area contributed by atoms with Crippen LogP contribution in [0.25, 0.3) is 0 Å². The second-order valence-corrected chi connectivity index (χ2v) is 14.4. The molecule has 0 aromatic carbocycles. The smallest absolute Gasteiger partial charge is 0.339 e. The summed E-state index contributed by atoms with van der Waals surface area (Å²) in [7, 11) is 0. The molecule has 10 heteroatoms. The standard InChI is InChI=1S/C32H42O10/c1-16(33)38-22-14-23(39-17(2)34)30(7)20-9-11-29(6)25(19-10-12-37-15-19)41-27(36)26-32(29,42-26)31(20,8)24(40-18(3)35)13-21(30)28(22,4)5/h10,12,15,20-26H,9,11,13-14H2,1-8H3/t20-,21-,22-,23+,24+,25+,26-,29+,30-,31+,32-/m1/s1. The number of hydrogen-bond donors (Lipinski definition) is 0. The molecule has 0 unspecified atom stereocenters. The van der Waals surface area contributed by atoms with Gasteiger partial charge in [0.15, 0.2) is 6.10 Å². The highest BCUT2D eigenvalue weighted by molar-refractivity contribution is 5.82. The molecule has 0 N–H and O–H groups in total. The Morgan fingerprint density at radius 2 is 1.45 bits per heavy atom. The molecule has 0 bridgehead atoms. The van der Waals surface area contributed by atoms with Crippen molar-refractivity contribution in [2.45, 2.75) is 117 Å². The zero-order valence-electron chi connectivity index (χ0n) is 25.7. The minimum atomic E-state index is -0.994. The molecular formula is C32H42O10. The second-order valence-electron chi connectivity index (χ2n) is 14.4. The summed E-state index contributed by atoms with van der Waals surface area (Å²) in [5, 5.41) is 0. The highest BCUT2D eigenvalue weighted by Gasteiger charge is 2.89. The number of carbonyl (C=O) groups excluding carboxylic acids is 4. The minimum Gasteiger partial charge on any atom is -0.472 e. The van der Waals surface area contributed by atoms with Gasteiger partial charge in [0.1, 0.15) is 30.0 Å². The Morgan fingerprint density at radius 1 is 0.833 bits per heavy atom. The first-order valence-electron chi connectivity index (χ1n) is 15.0. The lowest BCUT2D eigenvalue weighted by Crippen LogP contribution is -2.75. The summed E-state index contributed by atoms with van der Waals surface area (Å²) in [6.07, 6.45) is 2.16. The Bertz CT molecular complexity index is 1320. The first kappa shape index (κ1) is 29.2. The van der Waals surface area contributed by atoms with Gasteiger partial charge in [0.2, 0.25) is 0 Å². The molecule has 42 heavy (non-hydrogen) atoms. The van der Waals surface area contributed by atoms with E-state index in [2.05, 4.69) is 34.6 Å². The van der Waals surface area contributed by atoms with Crippen LogP contribution in [0.2, 0.25) is 0 Å². The molecule has 3 saturated carbocycles. The SMILES string of the molecule is CC(=O)O[C@H]1C[C@@H](OC(C)=O)C(C)(C)[C@H]2C[C@H](OC(C)=O)[C@]3(C)[C@H](CC[C@@]4(C)[C@H](c5ccoc5)OC(=O)[C@H]5O[C@@]534)[C@@]12C. The Morgan fingerprint density at radius 3 is 2.05 bits per heavy atom. The van der Waals surface area contributed by atoms with Crippen LogP contribution in [0.3, 0.4) is 0 Å². The minimum absolute atomic E-state index is 0.159. The van der Waals surface area contributed by atoms with E-state index in [-0.39, 0.29) is 11.8 Å². The zero-order valence-corrected chi connectivity index (χ0v) is 25.7. The van der Waals surface area contributed by atoms with Crippen molar-refractivity contribution in [3.8, 4) is 0 Å². The highest BCUT2D eigenvalue weighted by atomic mass is 16.7. The summed E-state index contributed by atoms with van der Waals surface area (Å²) >= 11 is 0. The molecule has 6 rings (SSSR count). The van der Waals surface area contributed by atoms with Crippen molar-refractivity contribution in [3.63, 3.8) is 0 Å². The van der Waals surface area contributed by atoms with Gasteiger partial charge in [-0.3, -0.25) is 14.4 Å². The van der Waals surface area contributed by atoms with Crippen LogP contribution in [0.15, 0.2) is 23.0 Å². The summed E-state index contributed by atoms with van der Waals surface area (Å²) in [5.41, 5.74) is -2.88. The maximum absolute atomic E-state index is 13.5. The van der Waals surface area contributed by atoms with Gasteiger partial charge in [0, 0.05) is 54.4 Å². The fourth-order valence-corrected chi connectivity index (χ4v) is 10.6. The normalized spacial score (nSPS) is 46.5. The van der Waals surface area contributed by atoms with Gasteiger partial charge < -0.3 is 28.1 Å². The highest BCUT2D eigenvalue weighted by Crippen LogP contribution is 2.80. The number of cyclic esters (lactones) is 1. The van der Waals surface area contributed by atoms with Gasteiger partial charge in [-0.2, -0.15) is 0 Å². The molecule has 3 heterocycles. The van der Waals surface area contributed by atoms with Crippen molar-refractivity contribution in [1.29, 1.82) is 0 Å². The summed E-state index contributed by atoms with van der Waals surface area (Å²) in [6, 6.07) is 1.81. The van der Waals surface area contributed by atoms with Crippen molar-refractivity contribution < 1.29 is 47.3 Å². The summed E-state index contributed by atoms with van der Waals surface area (Å²) < 4.78 is 36.2. The number of fused-ring (bicyclic) bond motifs is 3. The Balaban J connectivity index is 1.54. The molecule has 1 aromatic rings. The maximum atomic E-state index is 13.5. The molecule has 5 fully saturated rings. The molecule has 230 valence electrons. The van der Waals surface area contributed by atoms with Crippen molar-refractivity contribution in [1.82, 2.24) is 0 Å². The van der Waals surface area contributed by atoms with Gasteiger partial charge in [0.05, 0.1) is 12.5 Å². The number of hydrogen-bond acceptors (Lipinski definition) is 10. The lowest BCUT2D eigenvalue weighted by molar-refractivity contribution is -0.298. The van der Waals surface area contributed by atoms with E-state index < -0.39 is 81.7 Å². The Hall–Kier alpha value is -2.88.